The van der Waals surface area contributed by atoms with Crippen LogP contribution in [-0.4, -0.2) is 36.3 Å². The van der Waals surface area contributed by atoms with Gasteiger partial charge < -0.3 is 4.90 Å². The number of hydrogen-bond donors (Lipinski definition) is 0. The summed E-state index contributed by atoms with van der Waals surface area (Å²) in [6.07, 6.45) is 5.28. The van der Waals surface area contributed by atoms with Gasteiger partial charge in [-0.25, -0.2) is 15.0 Å². The molecule has 1 atom stereocenters. The second-order valence-electron chi connectivity index (χ2n) is 7.18. The Morgan fingerprint density at radius 2 is 1.76 bits per heavy atom. The van der Waals surface area contributed by atoms with Crippen molar-refractivity contribution in [3.8, 4) is 5.69 Å². The zero-order valence-electron chi connectivity index (χ0n) is 16.6. The van der Waals surface area contributed by atoms with Crippen LogP contribution in [0.5, 0.6) is 0 Å². The first-order chi connectivity index (χ1) is 14.1. The summed E-state index contributed by atoms with van der Waals surface area (Å²) in [6.45, 7) is 2.17. The van der Waals surface area contributed by atoms with E-state index in [-0.39, 0.29) is 6.04 Å². The van der Waals surface area contributed by atoms with Crippen molar-refractivity contribution in [2.75, 3.05) is 11.9 Å². The van der Waals surface area contributed by atoms with Gasteiger partial charge in [0, 0.05) is 19.8 Å². The molecule has 0 unspecified atom stereocenters. The second-order valence-corrected chi connectivity index (χ2v) is 7.18. The number of aromatic nitrogens is 6. The number of hydrogen-bond acceptors (Lipinski definition) is 5. The molecule has 29 heavy (non-hydrogen) atoms. The zero-order valence-corrected chi connectivity index (χ0v) is 16.6. The highest BCUT2D eigenvalue weighted by Crippen LogP contribution is 2.29. The quantitative estimate of drug-likeness (QED) is 0.471. The van der Waals surface area contributed by atoms with E-state index in [1.54, 1.807) is 11.0 Å². The molecule has 0 saturated heterocycles. The molecule has 0 N–H and O–H groups in total. The van der Waals surface area contributed by atoms with Gasteiger partial charge in [-0.2, -0.15) is 5.10 Å². The van der Waals surface area contributed by atoms with Gasteiger partial charge in [-0.15, -0.1) is 0 Å². The molecule has 7 heteroatoms. The normalized spacial score (nSPS) is 12.5. The smallest absolute Gasteiger partial charge is 0.163 e. The summed E-state index contributed by atoms with van der Waals surface area (Å²) in [6, 6.07) is 16.9. The maximum atomic E-state index is 4.51. The van der Waals surface area contributed by atoms with Gasteiger partial charge >= 0.3 is 0 Å². The minimum atomic E-state index is 0.141. The highest BCUT2D eigenvalue weighted by molar-refractivity contribution is 5.86. The Kier molecular flexibility index (Phi) is 4.01. The topological polar surface area (TPSA) is 64.7 Å². The molecular weight excluding hydrogens is 362 g/mol. The Bertz CT molecular complexity index is 1300. The molecule has 0 saturated carbocycles. The number of rotatable bonds is 4. The second kappa shape index (κ2) is 6.70. The number of imidazole rings is 1. The lowest BCUT2D eigenvalue weighted by molar-refractivity contribution is 0.730. The molecule has 0 aliphatic rings. The van der Waals surface area contributed by atoms with E-state index in [1.165, 1.54) is 5.56 Å². The fourth-order valence-electron chi connectivity index (χ4n) is 3.72. The first-order valence-corrected chi connectivity index (χ1v) is 9.51. The van der Waals surface area contributed by atoms with E-state index in [4.69, 9.17) is 0 Å². The molecule has 144 valence electrons. The monoisotopic (exact) mass is 383 g/mol. The Morgan fingerprint density at radius 3 is 2.59 bits per heavy atom. The van der Waals surface area contributed by atoms with Gasteiger partial charge in [0.05, 0.1) is 28.7 Å². The Labute approximate surface area is 168 Å². The standard InChI is InChI=1S/C22H21N7/c1-15(27(2)21-18-12-26-28(3)22(18)24-13-23-21)16-8-10-17(11-9-16)29-14-25-19-6-4-5-7-20(19)29/h4-15H,1-3H3/t15-/m0/s1. The van der Waals surface area contributed by atoms with Gasteiger partial charge in [0.1, 0.15) is 18.5 Å². The summed E-state index contributed by atoms with van der Waals surface area (Å²) >= 11 is 0. The van der Waals surface area contributed by atoms with E-state index in [0.29, 0.717) is 0 Å². The van der Waals surface area contributed by atoms with Crippen molar-refractivity contribution >= 4 is 27.9 Å². The number of nitrogens with zero attached hydrogens (tertiary/aromatic N) is 7. The van der Waals surface area contributed by atoms with Crippen molar-refractivity contribution in [2.24, 2.45) is 7.05 Å². The van der Waals surface area contributed by atoms with Crippen LogP contribution in [0.15, 0.2) is 67.4 Å². The number of fused-ring (bicyclic) bond motifs is 2. The molecule has 3 aromatic heterocycles. The largest absolute Gasteiger partial charge is 0.352 e. The maximum Gasteiger partial charge on any atom is 0.163 e. The lowest BCUT2D eigenvalue weighted by atomic mass is 10.1. The van der Waals surface area contributed by atoms with Crippen LogP contribution in [0.3, 0.4) is 0 Å². The molecule has 2 aromatic carbocycles. The van der Waals surface area contributed by atoms with Gasteiger partial charge in [-0.3, -0.25) is 9.25 Å². The average Bonchev–Trinajstić information content (AvgIpc) is 3.37. The molecule has 7 nitrogen and oxygen atoms in total. The van der Waals surface area contributed by atoms with Gasteiger partial charge in [0.15, 0.2) is 5.65 Å². The highest BCUT2D eigenvalue weighted by Gasteiger charge is 2.18. The van der Waals surface area contributed by atoms with Crippen LogP contribution >= 0.6 is 0 Å². The SMILES string of the molecule is C[C@@H](c1ccc(-n2cnc3ccccc32)cc1)N(C)c1ncnc2c1cnn2C. The van der Waals surface area contributed by atoms with Crippen molar-refractivity contribution < 1.29 is 0 Å². The van der Waals surface area contributed by atoms with E-state index >= 15 is 0 Å². The summed E-state index contributed by atoms with van der Waals surface area (Å²) in [7, 11) is 3.94. The number of benzene rings is 2. The Hall–Kier alpha value is -3.74. The van der Waals surface area contributed by atoms with E-state index in [1.807, 2.05) is 37.8 Å². The molecule has 0 amide bonds. The molecule has 3 heterocycles. The zero-order chi connectivity index (χ0) is 20.0. The summed E-state index contributed by atoms with van der Waals surface area (Å²) in [5.41, 5.74) is 5.22. The van der Waals surface area contributed by atoms with Crippen molar-refractivity contribution in [2.45, 2.75) is 13.0 Å². The average molecular weight is 383 g/mol. The van der Waals surface area contributed by atoms with Gasteiger partial charge in [-0.1, -0.05) is 24.3 Å². The predicted molar refractivity (Wildman–Crippen MR) is 114 cm³/mol. The third-order valence-corrected chi connectivity index (χ3v) is 5.53. The van der Waals surface area contributed by atoms with Crippen LogP contribution in [-0.2, 0) is 7.05 Å². The molecule has 0 radical (unpaired) electrons. The van der Waals surface area contributed by atoms with Crippen molar-refractivity contribution in [1.82, 2.24) is 29.3 Å². The van der Waals surface area contributed by atoms with Gasteiger partial charge in [0.25, 0.3) is 0 Å². The molecule has 0 aliphatic heterocycles. The van der Waals surface area contributed by atoms with Crippen LogP contribution in [0.25, 0.3) is 27.8 Å². The molecule has 0 aliphatic carbocycles. The van der Waals surface area contributed by atoms with E-state index < -0.39 is 0 Å². The molecule has 0 fully saturated rings. The van der Waals surface area contributed by atoms with E-state index in [2.05, 4.69) is 73.8 Å². The minimum Gasteiger partial charge on any atom is -0.352 e. The lowest BCUT2D eigenvalue weighted by Crippen LogP contribution is -2.23. The number of anilines is 1. The lowest BCUT2D eigenvalue weighted by Gasteiger charge is -2.26. The van der Waals surface area contributed by atoms with Crippen LogP contribution in [0, 0.1) is 0 Å². The predicted octanol–water partition coefficient (Wildman–Crippen LogP) is 3.90. The summed E-state index contributed by atoms with van der Waals surface area (Å²) < 4.78 is 3.88. The molecule has 0 spiro atoms. The van der Waals surface area contributed by atoms with Crippen LogP contribution in [0.4, 0.5) is 5.82 Å². The summed E-state index contributed by atoms with van der Waals surface area (Å²) in [5.74, 6) is 0.875. The molecule has 5 rings (SSSR count). The first kappa shape index (κ1) is 17.4. The van der Waals surface area contributed by atoms with Crippen molar-refractivity contribution in [3.05, 3.63) is 72.9 Å². The van der Waals surface area contributed by atoms with E-state index in [0.717, 1.165) is 33.6 Å². The van der Waals surface area contributed by atoms with Crippen molar-refractivity contribution in [3.63, 3.8) is 0 Å². The number of para-hydroxylation sites is 2. The Morgan fingerprint density at radius 1 is 0.966 bits per heavy atom. The van der Waals surface area contributed by atoms with E-state index in [9.17, 15) is 0 Å². The summed E-state index contributed by atoms with van der Waals surface area (Å²) in [4.78, 5) is 15.5. The third-order valence-electron chi connectivity index (χ3n) is 5.53. The molecule has 0 bridgehead atoms. The fourth-order valence-corrected chi connectivity index (χ4v) is 3.72. The van der Waals surface area contributed by atoms with Gasteiger partial charge in [-0.05, 0) is 36.8 Å². The minimum absolute atomic E-state index is 0.141. The first-order valence-electron chi connectivity index (χ1n) is 9.51. The van der Waals surface area contributed by atoms with Gasteiger partial charge in [0.2, 0.25) is 0 Å². The fraction of sp³-hybridized carbons (Fsp3) is 0.182. The van der Waals surface area contributed by atoms with Crippen LogP contribution < -0.4 is 4.90 Å². The molecule has 5 aromatic rings. The summed E-state index contributed by atoms with van der Waals surface area (Å²) in [5, 5.41) is 5.26. The number of aryl methyl sites for hydroxylation is 1. The highest BCUT2D eigenvalue weighted by atomic mass is 15.3. The molecular formula is C22H21N7. The third kappa shape index (κ3) is 2.82. The van der Waals surface area contributed by atoms with Crippen LogP contribution in [0.1, 0.15) is 18.5 Å². The van der Waals surface area contributed by atoms with Crippen LogP contribution in [0.2, 0.25) is 0 Å². The Balaban J connectivity index is 1.46. The maximum absolute atomic E-state index is 4.51. The van der Waals surface area contributed by atoms with Crippen molar-refractivity contribution in [1.29, 1.82) is 0 Å².